The molecule has 0 fully saturated rings. The Morgan fingerprint density at radius 2 is 1.71 bits per heavy atom. The van der Waals surface area contributed by atoms with Gasteiger partial charge in [-0.1, -0.05) is 42.1 Å². The van der Waals surface area contributed by atoms with Gasteiger partial charge in [0.25, 0.3) is 0 Å². The Morgan fingerprint density at radius 3 is 2.50 bits per heavy atom. The highest BCUT2D eigenvalue weighted by Crippen LogP contribution is 2.27. The molecule has 6 heteroatoms. The van der Waals surface area contributed by atoms with Crippen LogP contribution >= 0.6 is 11.8 Å². The molecule has 4 nitrogen and oxygen atoms in total. The van der Waals surface area contributed by atoms with Gasteiger partial charge in [0, 0.05) is 11.4 Å². The standard InChI is InChI=1S/C18H13FN4S/c19-14-8-6-13(7-9-14)10-24-18-16-17(20-11-21-18)23(12-22-16)15-4-2-1-3-5-15/h1-9,11-12H,10H2. The average Bonchev–Trinajstić information content (AvgIpc) is 3.07. The number of halogens is 1. The molecule has 4 aromatic rings. The molecule has 0 atom stereocenters. The van der Waals surface area contributed by atoms with E-state index < -0.39 is 0 Å². The summed E-state index contributed by atoms with van der Waals surface area (Å²) in [6.07, 6.45) is 3.31. The van der Waals surface area contributed by atoms with E-state index in [1.807, 2.05) is 34.9 Å². The zero-order valence-electron chi connectivity index (χ0n) is 12.6. The number of rotatable bonds is 4. The molecule has 0 amide bonds. The molecule has 0 radical (unpaired) electrons. The van der Waals surface area contributed by atoms with E-state index in [1.165, 1.54) is 12.1 Å². The van der Waals surface area contributed by atoms with Crippen LogP contribution in [0.15, 0.2) is 72.3 Å². The first kappa shape index (κ1) is 14.8. The molecule has 0 aliphatic rings. The third-order valence-corrected chi connectivity index (χ3v) is 4.67. The van der Waals surface area contributed by atoms with Crippen LogP contribution in [-0.2, 0) is 5.75 Å². The van der Waals surface area contributed by atoms with Crippen molar-refractivity contribution in [1.29, 1.82) is 0 Å². The van der Waals surface area contributed by atoms with Crippen LogP contribution in [0.25, 0.3) is 16.9 Å². The van der Waals surface area contributed by atoms with Gasteiger partial charge in [0.05, 0.1) is 0 Å². The minimum atomic E-state index is -0.227. The molecule has 0 N–H and O–H groups in total. The number of para-hydroxylation sites is 1. The molecule has 0 saturated heterocycles. The number of aromatic nitrogens is 4. The third-order valence-electron chi connectivity index (χ3n) is 3.62. The Balaban J connectivity index is 1.65. The highest BCUT2D eigenvalue weighted by atomic mass is 32.2. The second-order valence-electron chi connectivity index (χ2n) is 5.22. The van der Waals surface area contributed by atoms with Crippen molar-refractivity contribution in [3.63, 3.8) is 0 Å². The minimum Gasteiger partial charge on any atom is -0.283 e. The van der Waals surface area contributed by atoms with Gasteiger partial charge in [-0.05, 0) is 29.8 Å². The predicted molar refractivity (Wildman–Crippen MR) is 92.6 cm³/mol. The van der Waals surface area contributed by atoms with Crippen LogP contribution in [0.2, 0.25) is 0 Å². The monoisotopic (exact) mass is 336 g/mol. The second kappa shape index (κ2) is 6.41. The molecule has 0 saturated carbocycles. The third kappa shape index (κ3) is 2.88. The van der Waals surface area contributed by atoms with Crippen LogP contribution in [0, 0.1) is 5.82 Å². The number of hydrogen-bond acceptors (Lipinski definition) is 4. The fraction of sp³-hybridized carbons (Fsp3) is 0.0556. The molecule has 2 heterocycles. The summed E-state index contributed by atoms with van der Waals surface area (Å²) in [5.74, 6) is 0.472. The molecule has 0 spiro atoms. The molecule has 0 aliphatic carbocycles. The van der Waals surface area contributed by atoms with E-state index in [0.717, 1.165) is 27.4 Å². The van der Waals surface area contributed by atoms with Crippen LogP contribution in [0.5, 0.6) is 0 Å². The van der Waals surface area contributed by atoms with Gasteiger partial charge in [0.1, 0.15) is 29.0 Å². The summed E-state index contributed by atoms with van der Waals surface area (Å²) in [5.41, 5.74) is 3.59. The summed E-state index contributed by atoms with van der Waals surface area (Å²) in [6.45, 7) is 0. The van der Waals surface area contributed by atoms with Gasteiger partial charge in [-0.3, -0.25) is 4.57 Å². The number of nitrogens with zero attached hydrogens (tertiary/aromatic N) is 4. The fourth-order valence-electron chi connectivity index (χ4n) is 2.43. The van der Waals surface area contributed by atoms with Crippen molar-refractivity contribution in [2.24, 2.45) is 0 Å². The summed E-state index contributed by atoms with van der Waals surface area (Å²) in [7, 11) is 0. The molecule has 0 bridgehead atoms. The zero-order valence-corrected chi connectivity index (χ0v) is 13.4. The first-order valence-electron chi connectivity index (χ1n) is 7.42. The number of fused-ring (bicyclic) bond motifs is 1. The summed E-state index contributed by atoms with van der Waals surface area (Å²) in [4.78, 5) is 13.2. The van der Waals surface area contributed by atoms with Crippen LogP contribution in [0.1, 0.15) is 5.56 Å². The van der Waals surface area contributed by atoms with Gasteiger partial charge in [-0.15, -0.1) is 0 Å². The molecule has 0 unspecified atom stereocenters. The van der Waals surface area contributed by atoms with Crippen LogP contribution in [0.4, 0.5) is 4.39 Å². The second-order valence-corrected chi connectivity index (χ2v) is 6.18. The largest absolute Gasteiger partial charge is 0.283 e. The lowest BCUT2D eigenvalue weighted by atomic mass is 10.2. The summed E-state index contributed by atoms with van der Waals surface area (Å²) in [6, 6.07) is 16.4. The highest BCUT2D eigenvalue weighted by Gasteiger charge is 2.11. The molecule has 118 valence electrons. The van der Waals surface area contributed by atoms with Crippen LogP contribution in [0.3, 0.4) is 0 Å². The lowest BCUT2D eigenvalue weighted by molar-refractivity contribution is 0.627. The minimum absolute atomic E-state index is 0.227. The van der Waals surface area contributed by atoms with Crippen LogP contribution < -0.4 is 0 Å². The van der Waals surface area contributed by atoms with Crippen molar-refractivity contribution in [1.82, 2.24) is 19.5 Å². The van der Waals surface area contributed by atoms with Gasteiger partial charge < -0.3 is 0 Å². The van der Waals surface area contributed by atoms with Crippen molar-refractivity contribution in [2.45, 2.75) is 10.8 Å². The number of benzene rings is 2. The predicted octanol–water partition coefficient (Wildman–Crippen LogP) is 4.25. The SMILES string of the molecule is Fc1ccc(CSc2ncnc3c2ncn3-c2ccccc2)cc1. The van der Waals surface area contributed by atoms with Crippen molar-refractivity contribution in [2.75, 3.05) is 0 Å². The molecule has 2 aromatic carbocycles. The first-order chi connectivity index (χ1) is 11.8. The van der Waals surface area contributed by atoms with Gasteiger partial charge >= 0.3 is 0 Å². The van der Waals surface area contributed by atoms with E-state index >= 15 is 0 Å². The summed E-state index contributed by atoms with van der Waals surface area (Å²) < 4.78 is 14.9. The molecule has 2 aromatic heterocycles. The lowest BCUT2D eigenvalue weighted by Gasteiger charge is -2.04. The van der Waals surface area contributed by atoms with Crippen LogP contribution in [-0.4, -0.2) is 19.5 Å². The Bertz CT molecular complexity index is 967. The van der Waals surface area contributed by atoms with Gasteiger partial charge in [0.15, 0.2) is 5.65 Å². The van der Waals surface area contributed by atoms with E-state index in [-0.39, 0.29) is 5.82 Å². The van der Waals surface area contributed by atoms with Crippen molar-refractivity contribution < 1.29 is 4.39 Å². The zero-order chi connectivity index (χ0) is 16.4. The maximum Gasteiger partial charge on any atom is 0.168 e. The average molecular weight is 336 g/mol. The number of thioether (sulfide) groups is 1. The van der Waals surface area contributed by atoms with E-state index in [9.17, 15) is 4.39 Å². The fourth-order valence-corrected chi connectivity index (χ4v) is 3.33. The summed E-state index contributed by atoms with van der Waals surface area (Å²) in [5, 5.41) is 0.819. The Morgan fingerprint density at radius 1 is 0.917 bits per heavy atom. The Labute approximate surface area is 142 Å². The first-order valence-corrected chi connectivity index (χ1v) is 8.40. The van der Waals surface area contributed by atoms with E-state index in [0.29, 0.717) is 5.75 Å². The quantitative estimate of drug-likeness (QED) is 0.413. The summed E-state index contributed by atoms with van der Waals surface area (Å²) >= 11 is 1.57. The highest BCUT2D eigenvalue weighted by molar-refractivity contribution is 7.98. The number of imidazole rings is 1. The Hall–Kier alpha value is -2.73. The molecular formula is C18H13FN4S. The van der Waals surface area contributed by atoms with E-state index in [1.54, 1.807) is 36.5 Å². The van der Waals surface area contributed by atoms with Crippen molar-refractivity contribution >= 4 is 22.9 Å². The molecular weight excluding hydrogens is 323 g/mol. The molecule has 4 rings (SSSR count). The van der Waals surface area contributed by atoms with Gasteiger partial charge in [-0.2, -0.15) is 0 Å². The normalized spacial score (nSPS) is 11.0. The molecule has 24 heavy (non-hydrogen) atoms. The smallest absolute Gasteiger partial charge is 0.168 e. The van der Waals surface area contributed by atoms with Gasteiger partial charge in [0.2, 0.25) is 0 Å². The maximum atomic E-state index is 13.0. The lowest BCUT2D eigenvalue weighted by Crippen LogP contribution is -1.94. The van der Waals surface area contributed by atoms with E-state index in [2.05, 4.69) is 15.0 Å². The molecule has 0 aliphatic heterocycles. The van der Waals surface area contributed by atoms with E-state index in [4.69, 9.17) is 0 Å². The number of hydrogen-bond donors (Lipinski definition) is 0. The van der Waals surface area contributed by atoms with Crippen molar-refractivity contribution in [3.8, 4) is 5.69 Å². The topological polar surface area (TPSA) is 43.6 Å². The Kier molecular flexibility index (Phi) is 3.96. The van der Waals surface area contributed by atoms with Crippen molar-refractivity contribution in [3.05, 3.63) is 78.6 Å². The van der Waals surface area contributed by atoms with Gasteiger partial charge in [-0.25, -0.2) is 19.3 Å². The maximum absolute atomic E-state index is 13.0.